The number of halogens is 1. The lowest BCUT2D eigenvalue weighted by molar-refractivity contribution is -0.145. The van der Waals surface area contributed by atoms with E-state index in [9.17, 15) is 9.18 Å². The first-order valence-electron chi connectivity index (χ1n) is 7.68. The first kappa shape index (κ1) is 19.3. The van der Waals surface area contributed by atoms with Gasteiger partial charge in [-0.15, -0.1) is 0 Å². The zero-order valence-electron chi connectivity index (χ0n) is 12.7. The molecule has 0 amide bonds. The molecule has 0 atom stereocenters. The molecule has 0 aromatic rings. The zero-order chi connectivity index (χ0) is 14.9. The second-order valence-electron chi connectivity index (χ2n) is 4.65. The Bertz CT molecular complexity index is 212. The van der Waals surface area contributed by atoms with Gasteiger partial charge in [0.1, 0.15) is 13.3 Å². The molecule has 0 saturated carbocycles. The van der Waals surface area contributed by atoms with Crippen molar-refractivity contribution in [3.8, 4) is 0 Å². The lowest BCUT2D eigenvalue weighted by Gasteiger charge is -2.06. The molecule has 0 aromatic heterocycles. The Morgan fingerprint density at radius 2 is 1.45 bits per heavy atom. The molecule has 0 aliphatic rings. The lowest BCUT2D eigenvalue weighted by atomic mass is 10.1. The fraction of sp³-hybridized carbons (Fsp3) is 0.933. The van der Waals surface area contributed by atoms with Crippen molar-refractivity contribution < 1.29 is 23.4 Å². The third-order valence-electron chi connectivity index (χ3n) is 2.82. The van der Waals surface area contributed by atoms with Gasteiger partial charge in [-0.05, 0) is 6.42 Å². The topological polar surface area (TPSA) is 44.8 Å². The maximum atomic E-state index is 11.7. The van der Waals surface area contributed by atoms with E-state index >= 15 is 0 Å². The Morgan fingerprint density at radius 3 is 2.15 bits per heavy atom. The minimum Gasteiger partial charge on any atom is -0.463 e. The summed E-state index contributed by atoms with van der Waals surface area (Å²) in [6, 6.07) is 0. The SMILES string of the molecule is CCCCCCCCC(=O)OCCOCCOCCF. The monoisotopic (exact) mass is 292 g/mol. The van der Waals surface area contributed by atoms with Crippen molar-refractivity contribution in [2.45, 2.75) is 51.9 Å². The quantitative estimate of drug-likeness (QED) is 0.343. The number of ether oxygens (including phenoxy) is 3. The molecule has 0 aromatic carbocycles. The first-order chi connectivity index (χ1) is 9.81. The van der Waals surface area contributed by atoms with E-state index in [2.05, 4.69) is 6.92 Å². The molecule has 0 spiro atoms. The smallest absolute Gasteiger partial charge is 0.305 e. The zero-order valence-corrected chi connectivity index (χ0v) is 12.7. The van der Waals surface area contributed by atoms with Gasteiger partial charge in [0.15, 0.2) is 0 Å². The van der Waals surface area contributed by atoms with E-state index in [4.69, 9.17) is 14.2 Å². The summed E-state index contributed by atoms with van der Waals surface area (Å²) in [6.07, 6.45) is 7.45. The molecule has 0 bridgehead atoms. The summed E-state index contributed by atoms with van der Waals surface area (Å²) in [4.78, 5) is 11.4. The highest BCUT2D eigenvalue weighted by Crippen LogP contribution is 2.07. The van der Waals surface area contributed by atoms with Crippen LogP contribution in [0.3, 0.4) is 0 Å². The first-order valence-corrected chi connectivity index (χ1v) is 7.68. The van der Waals surface area contributed by atoms with Gasteiger partial charge in [-0.2, -0.15) is 0 Å². The highest BCUT2D eigenvalue weighted by Gasteiger charge is 2.02. The number of hydrogen-bond donors (Lipinski definition) is 0. The maximum absolute atomic E-state index is 11.7. The number of alkyl halides is 1. The molecule has 0 saturated heterocycles. The summed E-state index contributed by atoms with van der Waals surface area (Å²) in [7, 11) is 0. The predicted molar refractivity (Wildman–Crippen MR) is 76.6 cm³/mol. The fourth-order valence-electron chi connectivity index (χ4n) is 1.71. The molecular formula is C15H29FO4. The van der Waals surface area contributed by atoms with Crippen molar-refractivity contribution in [1.29, 1.82) is 0 Å². The van der Waals surface area contributed by atoms with Crippen molar-refractivity contribution in [1.82, 2.24) is 0 Å². The van der Waals surface area contributed by atoms with Crippen LogP contribution >= 0.6 is 0 Å². The third kappa shape index (κ3) is 15.4. The lowest BCUT2D eigenvalue weighted by Crippen LogP contribution is -2.13. The molecule has 0 heterocycles. The van der Waals surface area contributed by atoms with Crippen LogP contribution in [0.2, 0.25) is 0 Å². The summed E-state index contributed by atoms with van der Waals surface area (Å²) in [6.45, 7) is 3.23. The summed E-state index contributed by atoms with van der Waals surface area (Å²) >= 11 is 0. The van der Waals surface area contributed by atoms with E-state index in [-0.39, 0.29) is 19.2 Å². The molecule has 5 heteroatoms. The van der Waals surface area contributed by atoms with Gasteiger partial charge < -0.3 is 14.2 Å². The van der Waals surface area contributed by atoms with E-state index in [0.29, 0.717) is 26.2 Å². The molecule has 120 valence electrons. The average molecular weight is 292 g/mol. The van der Waals surface area contributed by atoms with Crippen LogP contribution in [0.1, 0.15) is 51.9 Å². The van der Waals surface area contributed by atoms with Crippen LogP contribution in [0.25, 0.3) is 0 Å². The van der Waals surface area contributed by atoms with Crippen LogP contribution in [0.5, 0.6) is 0 Å². The van der Waals surface area contributed by atoms with Crippen LogP contribution in [-0.2, 0) is 19.0 Å². The van der Waals surface area contributed by atoms with E-state index < -0.39 is 6.67 Å². The number of carbonyl (C=O) groups is 1. The number of esters is 1. The highest BCUT2D eigenvalue weighted by molar-refractivity contribution is 5.69. The third-order valence-corrected chi connectivity index (χ3v) is 2.82. The van der Waals surface area contributed by atoms with Crippen molar-refractivity contribution >= 4 is 5.97 Å². The normalized spacial score (nSPS) is 10.7. The molecule has 0 rings (SSSR count). The van der Waals surface area contributed by atoms with Gasteiger partial charge in [-0.3, -0.25) is 4.79 Å². The molecule has 20 heavy (non-hydrogen) atoms. The Kier molecular flexibility index (Phi) is 15.8. The van der Waals surface area contributed by atoms with E-state index in [1.54, 1.807) is 0 Å². The van der Waals surface area contributed by atoms with Crippen LogP contribution in [0, 0.1) is 0 Å². The van der Waals surface area contributed by atoms with Crippen molar-refractivity contribution in [2.75, 3.05) is 39.7 Å². The van der Waals surface area contributed by atoms with Crippen molar-refractivity contribution in [2.24, 2.45) is 0 Å². The van der Waals surface area contributed by atoms with Gasteiger partial charge >= 0.3 is 5.97 Å². The standard InChI is InChI=1S/C15H29FO4/c1-2-3-4-5-6-7-8-15(17)20-14-13-19-12-11-18-10-9-16/h2-14H2,1H3. The summed E-state index contributed by atoms with van der Waals surface area (Å²) in [5.41, 5.74) is 0. The Balaban J connectivity index is 3.12. The number of hydrogen-bond acceptors (Lipinski definition) is 4. The fourth-order valence-corrected chi connectivity index (χ4v) is 1.71. The van der Waals surface area contributed by atoms with Crippen molar-refractivity contribution in [3.63, 3.8) is 0 Å². The molecule has 0 fully saturated rings. The van der Waals surface area contributed by atoms with E-state index in [1.165, 1.54) is 25.7 Å². The number of rotatable bonds is 15. The summed E-state index contributed by atoms with van der Waals surface area (Å²) in [5, 5.41) is 0. The van der Waals surface area contributed by atoms with Gasteiger partial charge in [0.2, 0.25) is 0 Å². The molecule has 0 aliphatic heterocycles. The minimum atomic E-state index is -0.476. The molecule has 0 unspecified atom stereocenters. The molecule has 0 N–H and O–H groups in total. The largest absolute Gasteiger partial charge is 0.463 e. The van der Waals surface area contributed by atoms with Crippen LogP contribution in [0.4, 0.5) is 4.39 Å². The Hall–Kier alpha value is -0.680. The van der Waals surface area contributed by atoms with Gasteiger partial charge in [0, 0.05) is 6.42 Å². The predicted octanol–water partition coefficient (Wildman–Crippen LogP) is 3.28. The van der Waals surface area contributed by atoms with Gasteiger partial charge in [-0.25, -0.2) is 4.39 Å². The summed E-state index contributed by atoms with van der Waals surface area (Å²) < 4.78 is 26.8. The second-order valence-corrected chi connectivity index (χ2v) is 4.65. The average Bonchev–Trinajstić information content (AvgIpc) is 2.45. The molecule has 4 nitrogen and oxygen atoms in total. The van der Waals surface area contributed by atoms with E-state index in [1.807, 2.05) is 0 Å². The second kappa shape index (κ2) is 16.4. The van der Waals surface area contributed by atoms with Crippen LogP contribution in [-0.4, -0.2) is 45.7 Å². The number of unbranched alkanes of at least 4 members (excludes halogenated alkanes) is 5. The summed E-state index contributed by atoms with van der Waals surface area (Å²) in [5.74, 6) is -0.155. The molecular weight excluding hydrogens is 263 g/mol. The maximum Gasteiger partial charge on any atom is 0.305 e. The molecule has 0 aliphatic carbocycles. The van der Waals surface area contributed by atoms with Gasteiger partial charge in [0.05, 0.1) is 26.4 Å². The van der Waals surface area contributed by atoms with Gasteiger partial charge in [-0.1, -0.05) is 39.0 Å². The highest BCUT2D eigenvalue weighted by atomic mass is 19.1. The molecule has 0 radical (unpaired) electrons. The number of carbonyl (C=O) groups excluding carboxylic acids is 1. The Labute approximate surface area is 122 Å². The minimum absolute atomic E-state index is 0.108. The van der Waals surface area contributed by atoms with Gasteiger partial charge in [0.25, 0.3) is 0 Å². The van der Waals surface area contributed by atoms with Crippen LogP contribution < -0.4 is 0 Å². The van der Waals surface area contributed by atoms with Crippen LogP contribution in [0.15, 0.2) is 0 Å². The van der Waals surface area contributed by atoms with E-state index in [0.717, 1.165) is 12.8 Å². The van der Waals surface area contributed by atoms with Crippen molar-refractivity contribution in [3.05, 3.63) is 0 Å². The Morgan fingerprint density at radius 1 is 0.850 bits per heavy atom.